The Kier molecular flexibility index (Phi) is 7.07. The van der Waals surface area contributed by atoms with Crippen LogP contribution in [0, 0.1) is 24.2 Å². The maximum absolute atomic E-state index is 12.6. The van der Waals surface area contributed by atoms with Crippen LogP contribution < -0.4 is 4.74 Å². The Morgan fingerprint density at radius 3 is 2.66 bits per heavy atom. The van der Waals surface area contributed by atoms with E-state index >= 15 is 0 Å². The molecule has 2 aromatic carbocycles. The van der Waals surface area contributed by atoms with Gasteiger partial charge >= 0.3 is 11.9 Å². The molecule has 0 aliphatic heterocycles. The summed E-state index contributed by atoms with van der Waals surface area (Å²) >= 11 is 3.41. The zero-order valence-corrected chi connectivity index (χ0v) is 22.3. The summed E-state index contributed by atoms with van der Waals surface area (Å²) in [5, 5.41) is 0.836. The number of carbonyl (C=O) groups is 2. The van der Waals surface area contributed by atoms with Gasteiger partial charge in [-0.2, -0.15) is 0 Å². The molecule has 0 spiro atoms. The highest BCUT2D eigenvalue weighted by Gasteiger charge is 2.56. The van der Waals surface area contributed by atoms with Gasteiger partial charge in [0.1, 0.15) is 11.9 Å². The zero-order valence-electron chi connectivity index (χ0n) is 20.7. The fraction of sp³-hybridized carbons (Fsp3) is 0.533. The van der Waals surface area contributed by atoms with Crippen LogP contribution in [-0.2, 0) is 16.0 Å². The smallest absolute Gasteiger partial charge is 0.343 e. The number of halogens is 1. The molecule has 0 amide bonds. The van der Waals surface area contributed by atoms with Gasteiger partial charge in [0.05, 0.1) is 5.56 Å². The molecule has 5 rings (SSSR count). The van der Waals surface area contributed by atoms with E-state index in [1.165, 1.54) is 16.7 Å². The first-order chi connectivity index (χ1) is 16.9. The van der Waals surface area contributed by atoms with Crippen LogP contribution in [-0.4, -0.2) is 23.4 Å². The van der Waals surface area contributed by atoms with Crippen molar-refractivity contribution in [2.75, 3.05) is 5.33 Å². The SMILES string of the molecule is Cc1cc(OC(=O)c2ccccc2)cc2c1[C@H]1CC[C@]3(C)[C@@H](OC(=O)CCCBr)CC[C@H]3[C@@H]1CC2. The van der Waals surface area contributed by atoms with Crippen LogP contribution in [0.2, 0.25) is 0 Å². The fourth-order valence-corrected chi connectivity index (χ4v) is 7.60. The Balaban J connectivity index is 1.32. The van der Waals surface area contributed by atoms with Crippen LogP contribution in [0.1, 0.15) is 84.8 Å². The third kappa shape index (κ3) is 4.69. The lowest BCUT2D eigenvalue weighted by Gasteiger charge is -2.50. The van der Waals surface area contributed by atoms with E-state index in [9.17, 15) is 9.59 Å². The molecule has 0 aromatic heterocycles. The van der Waals surface area contributed by atoms with E-state index in [0.29, 0.717) is 35.5 Å². The maximum Gasteiger partial charge on any atom is 0.343 e. The quantitative estimate of drug-likeness (QED) is 0.222. The van der Waals surface area contributed by atoms with E-state index in [-0.39, 0.29) is 23.5 Å². The molecule has 0 radical (unpaired) electrons. The van der Waals surface area contributed by atoms with Crippen molar-refractivity contribution in [1.29, 1.82) is 0 Å². The highest BCUT2D eigenvalue weighted by molar-refractivity contribution is 9.09. The highest BCUT2D eigenvalue weighted by Crippen LogP contribution is 2.62. The normalized spacial score (nSPS) is 29.0. The number of rotatable bonds is 6. The van der Waals surface area contributed by atoms with Crippen molar-refractivity contribution in [3.05, 3.63) is 64.7 Å². The molecule has 0 unspecified atom stereocenters. The van der Waals surface area contributed by atoms with Gasteiger partial charge in [0.15, 0.2) is 0 Å². The number of alkyl halides is 1. The lowest BCUT2D eigenvalue weighted by Crippen LogP contribution is -2.45. The monoisotopic (exact) mass is 538 g/mol. The number of aryl methyl sites for hydroxylation is 2. The summed E-state index contributed by atoms with van der Waals surface area (Å²) in [6.07, 6.45) is 7.91. The van der Waals surface area contributed by atoms with Gasteiger partial charge in [0, 0.05) is 17.2 Å². The fourth-order valence-electron chi connectivity index (χ4n) is 7.32. The van der Waals surface area contributed by atoms with Crippen LogP contribution in [0.5, 0.6) is 5.75 Å². The van der Waals surface area contributed by atoms with Gasteiger partial charge in [0.2, 0.25) is 0 Å². The number of fused-ring (bicyclic) bond motifs is 5. The third-order valence-electron chi connectivity index (χ3n) is 8.92. The minimum absolute atomic E-state index is 0.0409. The number of hydrogen-bond acceptors (Lipinski definition) is 4. The van der Waals surface area contributed by atoms with E-state index in [4.69, 9.17) is 9.47 Å². The molecular weight excluding hydrogens is 504 g/mol. The van der Waals surface area contributed by atoms with E-state index in [1.54, 1.807) is 12.1 Å². The van der Waals surface area contributed by atoms with Crippen molar-refractivity contribution in [3.63, 3.8) is 0 Å². The Morgan fingerprint density at radius 2 is 1.89 bits per heavy atom. The standard InChI is InChI=1S/C30H35BrO4/c1-19-17-22(34-29(33)20-7-4-3-5-8-20)18-21-10-11-23-24(28(19)21)14-15-30(2)25(23)12-13-26(30)35-27(32)9-6-16-31/h3-5,7-8,17-18,23-26H,6,9-16H2,1-2H3/t23-,24+,25+,26+,30+/m1/s1. The van der Waals surface area contributed by atoms with E-state index in [1.807, 2.05) is 24.3 Å². The average molecular weight is 540 g/mol. The first kappa shape index (κ1) is 24.5. The van der Waals surface area contributed by atoms with Gasteiger partial charge in [-0.15, -0.1) is 0 Å². The predicted octanol–water partition coefficient (Wildman–Crippen LogP) is 7.16. The van der Waals surface area contributed by atoms with Gasteiger partial charge in [-0.3, -0.25) is 4.79 Å². The first-order valence-electron chi connectivity index (χ1n) is 13.1. The molecule has 2 aromatic rings. The van der Waals surface area contributed by atoms with E-state index in [0.717, 1.165) is 50.3 Å². The molecule has 0 N–H and O–H groups in total. The number of esters is 2. The average Bonchev–Trinajstić information content (AvgIpc) is 3.18. The van der Waals surface area contributed by atoms with Gasteiger partial charge in [-0.05, 0) is 111 Å². The van der Waals surface area contributed by atoms with Crippen molar-refractivity contribution in [1.82, 2.24) is 0 Å². The molecule has 4 nitrogen and oxygen atoms in total. The van der Waals surface area contributed by atoms with Crippen molar-refractivity contribution in [2.24, 2.45) is 17.3 Å². The van der Waals surface area contributed by atoms with Crippen LogP contribution in [0.4, 0.5) is 0 Å². The van der Waals surface area contributed by atoms with Gasteiger partial charge < -0.3 is 9.47 Å². The van der Waals surface area contributed by atoms with E-state index in [2.05, 4.69) is 35.8 Å². The van der Waals surface area contributed by atoms with Crippen molar-refractivity contribution in [2.45, 2.75) is 77.2 Å². The number of ether oxygens (including phenoxy) is 2. The molecule has 0 bridgehead atoms. The molecule has 5 atom stereocenters. The van der Waals surface area contributed by atoms with Gasteiger partial charge in [-0.1, -0.05) is 41.1 Å². The van der Waals surface area contributed by atoms with Gasteiger partial charge in [-0.25, -0.2) is 4.79 Å². The summed E-state index contributed by atoms with van der Waals surface area (Å²) in [5.74, 6) is 2.06. The molecule has 0 saturated heterocycles. The lowest BCUT2D eigenvalue weighted by atomic mass is 9.55. The molecule has 5 heteroatoms. The van der Waals surface area contributed by atoms with Crippen LogP contribution >= 0.6 is 15.9 Å². The minimum Gasteiger partial charge on any atom is -0.462 e. The summed E-state index contributed by atoms with van der Waals surface area (Å²) < 4.78 is 11.8. The van der Waals surface area contributed by atoms with Crippen molar-refractivity contribution >= 4 is 27.9 Å². The minimum atomic E-state index is -0.310. The third-order valence-corrected chi connectivity index (χ3v) is 9.48. The Labute approximate surface area is 216 Å². The summed E-state index contributed by atoms with van der Waals surface area (Å²) in [6, 6.07) is 13.3. The molecule has 0 heterocycles. The number of benzene rings is 2. The molecule has 2 fully saturated rings. The summed E-state index contributed by atoms with van der Waals surface area (Å²) in [6.45, 7) is 4.54. The first-order valence-corrected chi connectivity index (χ1v) is 14.2. The van der Waals surface area contributed by atoms with Crippen LogP contribution in [0.25, 0.3) is 0 Å². The summed E-state index contributed by atoms with van der Waals surface area (Å²) in [7, 11) is 0. The number of hydrogen-bond donors (Lipinski definition) is 0. The Hall–Kier alpha value is -2.14. The molecule has 186 valence electrons. The van der Waals surface area contributed by atoms with Crippen LogP contribution in [0.3, 0.4) is 0 Å². The molecule has 2 saturated carbocycles. The van der Waals surface area contributed by atoms with E-state index < -0.39 is 0 Å². The Bertz CT molecular complexity index is 1100. The second kappa shape index (κ2) is 10.1. The lowest BCUT2D eigenvalue weighted by molar-refractivity contribution is -0.157. The topological polar surface area (TPSA) is 52.6 Å². The van der Waals surface area contributed by atoms with Gasteiger partial charge in [0.25, 0.3) is 0 Å². The second-order valence-corrected chi connectivity index (χ2v) is 11.7. The molecule has 3 aliphatic carbocycles. The predicted molar refractivity (Wildman–Crippen MR) is 140 cm³/mol. The highest BCUT2D eigenvalue weighted by atomic mass is 79.9. The van der Waals surface area contributed by atoms with Crippen molar-refractivity contribution < 1.29 is 19.1 Å². The second-order valence-electron chi connectivity index (χ2n) is 10.9. The van der Waals surface area contributed by atoms with Crippen molar-refractivity contribution in [3.8, 4) is 5.75 Å². The van der Waals surface area contributed by atoms with Crippen LogP contribution in [0.15, 0.2) is 42.5 Å². The maximum atomic E-state index is 12.6. The molecule has 35 heavy (non-hydrogen) atoms. The number of carbonyl (C=O) groups excluding carboxylic acids is 2. The largest absolute Gasteiger partial charge is 0.462 e. The summed E-state index contributed by atoms with van der Waals surface area (Å²) in [4.78, 5) is 25.0. The molecular formula is C30H35BrO4. The molecule has 3 aliphatic rings. The summed E-state index contributed by atoms with van der Waals surface area (Å²) in [5.41, 5.74) is 4.69. The Morgan fingerprint density at radius 1 is 1.09 bits per heavy atom. The zero-order chi connectivity index (χ0) is 24.6.